The number of nitrogens with one attached hydrogen (secondary N) is 1. The lowest BCUT2D eigenvalue weighted by Crippen LogP contribution is -2.17. The number of anilines is 2. The third-order valence-corrected chi connectivity index (χ3v) is 5.21. The molecule has 116 valence electrons. The molecule has 1 unspecified atom stereocenters. The van der Waals surface area contributed by atoms with E-state index >= 15 is 0 Å². The summed E-state index contributed by atoms with van der Waals surface area (Å²) in [5.74, 6) is 1.29. The first kappa shape index (κ1) is 14.9. The van der Waals surface area contributed by atoms with E-state index in [0.717, 1.165) is 24.8 Å². The molecule has 1 aliphatic rings. The molecule has 2 aromatic rings. The Balaban J connectivity index is 1.84. The summed E-state index contributed by atoms with van der Waals surface area (Å²) in [6.07, 6.45) is 3.20. The number of hydrogen-bond acceptors (Lipinski definition) is 4. The Bertz CT molecular complexity index is 709. The lowest BCUT2D eigenvalue weighted by atomic mass is 9.88. The molecule has 0 fully saturated rings. The van der Waals surface area contributed by atoms with Crippen LogP contribution in [0.5, 0.6) is 5.75 Å². The zero-order chi connectivity index (χ0) is 15.7. The maximum absolute atomic E-state index is 12.6. The zero-order valence-electron chi connectivity index (χ0n) is 12.8. The van der Waals surface area contributed by atoms with Crippen LogP contribution in [0, 0.1) is 5.92 Å². The van der Waals surface area contributed by atoms with Gasteiger partial charge in [-0.25, -0.2) is 0 Å². The first-order chi connectivity index (χ1) is 10.6. The molecule has 0 spiro atoms. The maximum atomic E-state index is 12.6. The van der Waals surface area contributed by atoms with E-state index in [1.807, 2.05) is 5.38 Å². The molecule has 0 saturated carbocycles. The molecule has 0 saturated heterocycles. The van der Waals surface area contributed by atoms with Crippen LogP contribution in [0.4, 0.5) is 11.4 Å². The fraction of sp³-hybridized carbons (Fsp3) is 0.353. The van der Waals surface area contributed by atoms with Gasteiger partial charge in [0.15, 0.2) is 0 Å². The third-order valence-electron chi connectivity index (χ3n) is 4.16. The molecule has 1 aromatic heterocycles. The van der Waals surface area contributed by atoms with Crippen LogP contribution in [0.25, 0.3) is 0 Å². The van der Waals surface area contributed by atoms with Gasteiger partial charge in [-0.1, -0.05) is 6.92 Å². The Kier molecular flexibility index (Phi) is 4.07. The molecule has 4 nitrogen and oxygen atoms in total. The summed E-state index contributed by atoms with van der Waals surface area (Å²) in [5, 5.41) is 4.88. The molecular formula is C17H20N2O2S. The number of benzene rings is 1. The molecule has 0 bridgehead atoms. The van der Waals surface area contributed by atoms with Crippen LogP contribution >= 0.6 is 11.3 Å². The van der Waals surface area contributed by atoms with Crippen molar-refractivity contribution in [3.05, 3.63) is 39.6 Å². The summed E-state index contributed by atoms with van der Waals surface area (Å²) >= 11 is 1.69. The van der Waals surface area contributed by atoms with Crippen molar-refractivity contribution in [1.82, 2.24) is 0 Å². The lowest BCUT2D eigenvalue weighted by Gasteiger charge is -2.19. The Labute approximate surface area is 134 Å². The molecule has 5 heteroatoms. The third kappa shape index (κ3) is 2.81. The second-order valence-electron chi connectivity index (χ2n) is 5.81. The van der Waals surface area contributed by atoms with Crippen molar-refractivity contribution in [3.8, 4) is 5.75 Å². The van der Waals surface area contributed by atoms with E-state index in [1.54, 1.807) is 36.6 Å². The molecule has 1 atom stereocenters. The van der Waals surface area contributed by atoms with Crippen molar-refractivity contribution in [2.45, 2.75) is 26.2 Å². The van der Waals surface area contributed by atoms with Crippen LogP contribution < -0.4 is 15.8 Å². The number of carbonyl (C=O) groups is 1. The first-order valence-corrected chi connectivity index (χ1v) is 8.30. The second kappa shape index (κ2) is 6.01. The molecule has 0 radical (unpaired) electrons. The average molecular weight is 316 g/mol. The Morgan fingerprint density at radius 3 is 3.05 bits per heavy atom. The van der Waals surface area contributed by atoms with Gasteiger partial charge >= 0.3 is 0 Å². The van der Waals surface area contributed by atoms with E-state index in [4.69, 9.17) is 10.5 Å². The number of amides is 1. The van der Waals surface area contributed by atoms with Gasteiger partial charge in [-0.05, 0) is 42.9 Å². The van der Waals surface area contributed by atoms with Gasteiger partial charge in [-0.3, -0.25) is 4.79 Å². The van der Waals surface area contributed by atoms with E-state index in [-0.39, 0.29) is 5.91 Å². The average Bonchev–Trinajstić information content (AvgIpc) is 2.92. The van der Waals surface area contributed by atoms with Gasteiger partial charge in [-0.2, -0.15) is 0 Å². The minimum absolute atomic E-state index is 0.0907. The van der Waals surface area contributed by atoms with Crippen LogP contribution in [-0.4, -0.2) is 13.0 Å². The number of ether oxygens (including phenoxy) is 1. The van der Waals surface area contributed by atoms with Gasteiger partial charge in [0, 0.05) is 16.3 Å². The van der Waals surface area contributed by atoms with Crippen LogP contribution in [-0.2, 0) is 12.8 Å². The van der Waals surface area contributed by atoms with Crippen LogP contribution in [0.15, 0.2) is 23.6 Å². The number of thiophene rings is 1. The number of nitrogens with two attached hydrogens (primary N) is 1. The number of hydrogen-bond donors (Lipinski definition) is 2. The summed E-state index contributed by atoms with van der Waals surface area (Å²) in [5.41, 5.74) is 9.06. The molecule has 3 N–H and O–H groups in total. The Morgan fingerprint density at radius 2 is 2.27 bits per heavy atom. The summed E-state index contributed by atoms with van der Waals surface area (Å²) < 4.78 is 5.18. The molecule has 1 heterocycles. The van der Waals surface area contributed by atoms with Crippen LogP contribution in [0.3, 0.4) is 0 Å². The van der Waals surface area contributed by atoms with Crippen molar-refractivity contribution in [3.63, 3.8) is 0 Å². The second-order valence-corrected chi connectivity index (χ2v) is 6.77. The Hall–Kier alpha value is -2.01. The van der Waals surface area contributed by atoms with Gasteiger partial charge in [0.05, 0.1) is 24.0 Å². The number of carbonyl (C=O) groups excluding carboxylic acids is 1. The summed E-state index contributed by atoms with van der Waals surface area (Å²) in [7, 11) is 1.59. The van der Waals surface area contributed by atoms with Crippen LogP contribution in [0.1, 0.15) is 34.1 Å². The van der Waals surface area contributed by atoms with E-state index in [9.17, 15) is 4.79 Å². The normalized spacial score (nSPS) is 16.9. The molecule has 0 aliphatic heterocycles. The quantitative estimate of drug-likeness (QED) is 0.848. The molecule has 3 rings (SSSR count). The smallest absolute Gasteiger partial charge is 0.256 e. The summed E-state index contributed by atoms with van der Waals surface area (Å²) in [4.78, 5) is 13.9. The summed E-state index contributed by atoms with van der Waals surface area (Å²) in [6, 6.07) is 5.26. The zero-order valence-corrected chi connectivity index (χ0v) is 13.6. The van der Waals surface area contributed by atoms with E-state index in [2.05, 4.69) is 12.2 Å². The standard InChI is InChI=1S/C17H20N2O2S/c1-10-3-5-12-13(9-22-16(12)7-10)17(20)19-15-8-11(21-2)4-6-14(15)18/h4,6,8-10H,3,5,7,18H2,1-2H3,(H,19,20). The van der Waals surface area contributed by atoms with Crippen molar-refractivity contribution in [2.24, 2.45) is 5.92 Å². The minimum atomic E-state index is -0.0907. The highest BCUT2D eigenvalue weighted by atomic mass is 32.1. The fourth-order valence-electron chi connectivity index (χ4n) is 2.83. The summed E-state index contributed by atoms with van der Waals surface area (Å²) in [6.45, 7) is 2.26. The topological polar surface area (TPSA) is 64.3 Å². The molecule has 1 amide bonds. The molecule has 1 aliphatic carbocycles. The van der Waals surface area contributed by atoms with Crippen molar-refractivity contribution >= 4 is 28.6 Å². The molecule has 22 heavy (non-hydrogen) atoms. The number of fused-ring (bicyclic) bond motifs is 1. The van der Waals surface area contributed by atoms with Gasteiger partial charge in [-0.15, -0.1) is 11.3 Å². The number of nitrogen functional groups attached to an aromatic ring is 1. The van der Waals surface area contributed by atoms with E-state index < -0.39 is 0 Å². The SMILES string of the molecule is COc1ccc(N)c(NC(=O)c2csc3c2CCC(C)C3)c1. The van der Waals surface area contributed by atoms with Gasteiger partial charge < -0.3 is 15.8 Å². The highest BCUT2D eigenvalue weighted by Crippen LogP contribution is 2.33. The van der Waals surface area contributed by atoms with E-state index in [1.165, 1.54) is 10.4 Å². The van der Waals surface area contributed by atoms with E-state index in [0.29, 0.717) is 23.0 Å². The fourth-order valence-corrected chi connectivity index (χ4v) is 4.07. The van der Waals surface area contributed by atoms with Crippen molar-refractivity contribution < 1.29 is 9.53 Å². The molecular weight excluding hydrogens is 296 g/mol. The molecule has 1 aromatic carbocycles. The Morgan fingerprint density at radius 1 is 1.45 bits per heavy atom. The monoisotopic (exact) mass is 316 g/mol. The maximum Gasteiger partial charge on any atom is 0.256 e. The predicted molar refractivity (Wildman–Crippen MR) is 90.9 cm³/mol. The minimum Gasteiger partial charge on any atom is -0.497 e. The van der Waals surface area contributed by atoms with Crippen molar-refractivity contribution in [2.75, 3.05) is 18.2 Å². The lowest BCUT2D eigenvalue weighted by molar-refractivity contribution is 0.102. The number of methoxy groups -OCH3 is 1. The van der Waals surface area contributed by atoms with Crippen molar-refractivity contribution in [1.29, 1.82) is 0 Å². The van der Waals surface area contributed by atoms with Gasteiger partial charge in [0.1, 0.15) is 5.75 Å². The first-order valence-electron chi connectivity index (χ1n) is 7.42. The number of rotatable bonds is 3. The highest BCUT2D eigenvalue weighted by Gasteiger charge is 2.23. The van der Waals surface area contributed by atoms with Crippen LogP contribution in [0.2, 0.25) is 0 Å². The largest absolute Gasteiger partial charge is 0.497 e. The predicted octanol–water partition coefficient (Wildman–Crippen LogP) is 3.72. The van der Waals surface area contributed by atoms with Gasteiger partial charge in [0.2, 0.25) is 0 Å². The highest BCUT2D eigenvalue weighted by molar-refractivity contribution is 7.10. The van der Waals surface area contributed by atoms with Gasteiger partial charge in [0.25, 0.3) is 5.91 Å².